The monoisotopic (exact) mass is 336 g/mol. The smallest absolute Gasteiger partial charge is 0.245 e. The van der Waals surface area contributed by atoms with Gasteiger partial charge in [0.1, 0.15) is 4.90 Å². The van der Waals surface area contributed by atoms with Crippen LogP contribution in [0.4, 0.5) is 10.1 Å². The molecule has 1 fully saturated rings. The molecule has 1 aliphatic heterocycles. The van der Waals surface area contributed by atoms with E-state index in [0.717, 1.165) is 23.2 Å². The third-order valence-corrected chi connectivity index (χ3v) is 5.53. The van der Waals surface area contributed by atoms with Crippen molar-refractivity contribution < 1.29 is 17.5 Å². The van der Waals surface area contributed by atoms with Gasteiger partial charge >= 0.3 is 0 Å². The summed E-state index contributed by atoms with van der Waals surface area (Å²) in [6.45, 7) is 1.49. The molecule has 0 spiro atoms. The first kappa shape index (κ1) is 16.5. The maximum Gasteiger partial charge on any atom is 0.245 e. The molecule has 1 aromatic rings. The van der Waals surface area contributed by atoms with Gasteiger partial charge in [0, 0.05) is 25.2 Å². The number of hydrogen-bond acceptors (Lipinski definition) is 4. The van der Waals surface area contributed by atoms with Crippen LogP contribution >= 0.6 is 11.6 Å². The van der Waals surface area contributed by atoms with E-state index < -0.39 is 20.7 Å². The Kier molecular flexibility index (Phi) is 5.08. The van der Waals surface area contributed by atoms with Crippen molar-refractivity contribution in [1.29, 1.82) is 0 Å². The van der Waals surface area contributed by atoms with Crippen molar-refractivity contribution in [2.24, 2.45) is 5.92 Å². The molecule has 2 rings (SSSR count). The summed E-state index contributed by atoms with van der Waals surface area (Å²) in [6, 6.07) is 2.27. The van der Waals surface area contributed by atoms with Gasteiger partial charge in [-0.1, -0.05) is 11.6 Å². The summed E-state index contributed by atoms with van der Waals surface area (Å²) in [5.41, 5.74) is 5.16. The van der Waals surface area contributed by atoms with Crippen LogP contribution in [-0.2, 0) is 14.8 Å². The van der Waals surface area contributed by atoms with Gasteiger partial charge in [-0.05, 0) is 30.9 Å². The van der Waals surface area contributed by atoms with Crippen molar-refractivity contribution in [2.75, 3.05) is 32.5 Å². The van der Waals surface area contributed by atoms with Gasteiger partial charge < -0.3 is 10.5 Å². The molecule has 2 N–H and O–H groups in total. The van der Waals surface area contributed by atoms with Crippen LogP contribution in [0, 0.1) is 11.7 Å². The topological polar surface area (TPSA) is 72.6 Å². The van der Waals surface area contributed by atoms with Crippen molar-refractivity contribution in [3.8, 4) is 0 Å². The lowest BCUT2D eigenvalue weighted by molar-refractivity contribution is 0.0495. The Morgan fingerprint density at radius 1 is 1.52 bits per heavy atom. The van der Waals surface area contributed by atoms with Crippen LogP contribution in [0.1, 0.15) is 12.8 Å². The molecule has 0 aliphatic carbocycles. The maximum atomic E-state index is 14.0. The van der Waals surface area contributed by atoms with Gasteiger partial charge in [0.2, 0.25) is 10.0 Å². The molecule has 5 nitrogen and oxygen atoms in total. The second-order valence-electron chi connectivity index (χ2n) is 5.18. The molecule has 118 valence electrons. The maximum absolute atomic E-state index is 14.0. The lowest BCUT2D eigenvalue weighted by atomic mass is 10.0. The van der Waals surface area contributed by atoms with E-state index in [4.69, 9.17) is 22.1 Å². The molecule has 0 amide bonds. The molecule has 1 aromatic carbocycles. The van der Waals surface area contributed by atoms with Crippen LogP contribution in [0.25, 0.3) is 0 Å². The van der Waals surface area contributed by atoms with Gasteiger partial charge in [0.15, 0.2) is 5.82 Å². The highest BCUT2D eigenvalue weighted by Crippen LogP contribution is 2.28. The van der Waals surface area contributed by atoms with E-state index in [9.17, 15) is 12.8 Å². The van der Waals surface area contributed by atoms with Crippen LogP contribution < -0.4 is 5.73 Å². The number of halogens is 2. The average molecular weight is 337 g/mol. The Balaban J connectivity index is 2.24. The first-order valence-corrected chi connectivity index (χ1v) is 8.42. The van der Waals surface area contributed by atoms with Gasteiger partial charge in [-0.2, -0.15) is 0 Å². The molecule has 21 heavy (non-hydrogen) atoms. The number of hydrogen-bond donors (Lipinski definition) is 1. The van der Waals surface area contributed by atoms with Crippen molar-refractivity contribution in [2.45, 2.75) is 17.7 Å². The van der Waals surface area contributed by atoms with Crippen molar-refractivity contribution in [3.05, 3.63) is 23.0 Å². The van der Waals surface area contributed by atoms with E-state index in [1.54, 1.807) is 0 Å². The molecule has 0 aromatic heterocycles. The van der Waals surface area contributed by atoms with E-state index in [1.807, 2.05) is 0 Å². The molecular formula is C13H18ClFN2O3S. The Morgan fingerprint density at radius 2 is 2.24 bits per heavy atom. The number of nitrogens with two attached hydrogens (primary N) is 1. The van der Waals surface area contributed by atoms with Crippen molar-refractivity contribution in [1.82, 2.24) is 4.31 Å². The summed E-state index contributed by atoms with van der Waals surface area (Å²) < 4.78 is 45.4. The van der Waals surface area contributed by atoms with Gasteiger partial charge in [-0.15, -0.1) is 0 Å². The van der Waals surface area contributed by atoms with E-state index in [-0.39, 0.29) is 23.2 Å². The molecule has 1 aliphatic rings. The standard InChI is InChI=1S/C13H18ClFN2O3S/c1-17(7-9-3-2-4-20-8-9)21(18,19)12-6-10(14)5-11(16)13(12)15/h5-6,9H,2-4,7-8,16H2,1H3. The number of rotatable bonds is 4. The van der Waals surface area contributed by atoms with Gasteiger partial charge in [0.25, 0.3) is 0 Å². The Labute approximate surface area is 128 Å². The second kappa shape index (κ2) is 6.48. The minimum Gasteiger partial charge on any atom is -0.396 e. The molecule has 1 saturated heterocycles. The number of nitrogens with zero attached hydrogens (tertiary/aromatic N) is 1. The molecule has 8 heteroatoms. The van der Waals surface area contributed by atoms with Crippen LogP contribution in [0.3, 0.4) is 0 Å². The highest BCUT2D eigenvalue weighted by Gasteiger charge is 2.28. The summed E-state index contributed by atoms with van der Waals surface area (Å²) in [7, 11) is -2.56. The van der Waals surface area contributed by atoms with Gasteiger partial charge in [0.05, 0.1) is 12.3 Å². The Bertz CT molecular complexity index is 618. The second-order valence-corrected chi connectivity index (χ2v) is 7.63. The summed E-state index contributed by atoms with van der Waals surface area (Å²) in [5, 5.41) is 0.0851. The molecule has 1 atom stereocenters. The lowest BCUT2D eigenvalue weighted by Gasteiger charge is -2.27. The van der Waals surface area contributed by atoms with E-state index in [2.05, 4.69) is 0 Å². The SMILES string of the molecule is CN(CC1CCCOC1)S(=O)(=O)c1cc(Cl)cc(N)c1F. The first-order valence-electron chi connectivity index (χ1n) is 6.61. The Morgan fingerprint density at radius 3 is 2.86 bits per heavy atom. The fourth-order valence-electron chi connectivity index (χ4n) is 2.35. The first-order chi connectivity index (χ1) is 9.82. The molecule has 1 unspecified atom stereocenters. The predicted octanol–water partition coefficient (Wildman–Crippen LogP) is 2.11. The highest BCUT2D eigenvalue weighted by atomic mass is 35.5. The van der Waals surface area contributed by atoms with Crippen LogP contribution in [0.5, 0.6) is 0 Å². The van der Waals surface area contributed by atoms with Gasteiger partial charge in [-0.25, -0.2) is 17.1 Å². The van der Waals surface area contributed by atoms with Crippen LogP contribution in [-0.4, -0.2) is 39.5 Å². The quantitative estimate of drug-likeness (QED) is 0.855. The predicted molar refractivity (Wildman–Crippen MR) is 79.2 cm³/mol. The minimum absolute atomic E-state index is 0.0851. The van der Waals surface area contributed by atoms with Crippen LogP contribution in [0.15, 0.2) is 17.0 Å². The zero-order valence-corrected chi connectivity index (χ0v) is 13.3. The average Bonchev–Trinajstić information content (AvgIpc) is 2.43. The minimum atomic E-state index is -3.98. The molecule has 0 radical (unpaired) electrons. The lowest BCUT2D eigenvalue weighted by Crippen LogP contribution is -2.35. The fraction of sp³-hybridized carbons (Fsp3) is 0.538. The van der Waals surface area contributed by atoms with E-state index in [1.165, 1.54) is 13.1 Å². The highest BCUT2D eigenvalue weighted by molar-refractivity contribution is 7.89. The number of ether oxygens (including phenoxy) is 1. The van der Waals surface area contributed by atoms with Crippen molar-refractivity contribution >= 4 is 27.3 Å². The third kappa shape index (κ3) is 3.66. The van der Waals surface area contributed by atoms with E-state index >= 15 is 0 Å². The Hall–Kier alpha value is -0.890. The number of sulfonamides is 1. The van der Waals surface area contributed by atoms with Crippen molar-refractivity contribution in [3.63, 3.8) is 0 Å². The zero-order valence-electron chi connectivity index (χ0n) is 11.7. The van der Waals surface area contributed by atoms with Gasteiger partial charge in [-0.3, -0.25) is 0 Å². The summed E-state index contributed by atoms with van der Waals surface area (Å²) >= 11 is 5.78. The molecule has 0 saturated carbocycles. The number of anilines is 1. The fourth-order valence-corrected chi connectivity index (χ4v) is 4.01. The third-order valence-electron chi connectivity index (χ3n) is 3.49. The largest absolute Gasteiger partial charge is 0.396 e. The molecule has 1 heterocycles. The molecular weight excluding hydrogens is 319 g/mol. The van der Waals surface area contributed by atoms with E-state index in [0.29, 0.717) is 13.2 Å². The molecule has 0 bridgehead atoms. The summed E-state index contributed by atoms with van der Waals surface area (Å²) in [4.78, 5) is -0.494. The summed E-state index contributed by atoms with van der Waals surface area (Å²) in [5.74, 6) is -0.857. The summed E-state index contributed by atoms with van der Waals surface area (Å²) in [6.07, 6.45) is 1.79. The number of nitrogen functional groups attached to an aromatic ring is 1. The zero-order chi connectivity index (χ0) is 15.6. The normalized spacial score (nSPS) is 19.9. The number of benzene rings is 1. The van der Waals surface area contributed by atoms with Crippen LogP contribution in [0.2, 0.25) is 5.02 Å².